The van der Waals surface area contributed by atoms with Crippen molar-refractivity contribution < 1.29 is 19.0 Å². The Morgan fingerprint density at radius 2 is 1.97 bits per heavy atom. The molecule has 0 fully saturated rings. The first-order valence-corrected chi connectivity index (χ1v) is 12.1. The van der Waals surface area contributed by atoms with Gasteiger partial charge >= 0.3 is 0 Å². The van der Waals surface area contributed by atoms with Gasteiger partial charge in [-0.2, -0.15) is 9.78 Å². The fourth-order valence-electron chi connectivity index (χ4n) is 4.83. The highest BCUT2D eigenvalue weighted by atomic mass is 16.7. The van der Waals surface area contributed by atoms with Crippen LogP contribution in [0.15, 0.2) is 65.8 Å². The normalized spacial score (nSPS) is 16.4. The quantitative estimate of drug-likeness (QED) is 0.310. The second-order valence-corrected chi connectivity index (χ2v) is 8.96. The largest absolute Gasteiger partial charge is 0.492 e. The van der Waals surface area contributed by atoms with E-state index in [0.717, 1.165) is 35.3 Å². The molecule has 192 valence electrons. The van der Waals surface area contributed by atoms with Gasteiger partial charge in [0.25, 0.3) is 5.91 Å². The zero-order chi connectivity index (χ0) is 26.1. The first kappa shape index (κ1) is 23.6. The zero-order valence-electron chi connectivity index (χ0n) is 20.9. The minimum atomic E-state index is -0.317. The molecule has 11 heteroatoms. The van der Waals surface area contributed by atoms with Gasteiger partial charge in [-0.3, -0.25) is 9.69 Å². The molecule has 4 aromatic rings. The molecule has 2 aliphatic rings. The average Bonchev–Trinajstić information content (AvgIpc) is 3.62. The van der Waals surface area contributed by atoms with Crippen LogP contribution in [0.4, 0.5) is 0 Å². The lowest BCUT2D eigenvalue weighted by molar-refractivity contribution is 0.0955. The number of methoxy groups -OCH3 is 1. The Morgan fingerprint density at radius 3 is 2.76 bits per heavy atom. The number of nitrogens with zero attached hydrogens (tertiary/aromatic N) is 6. The lowest BCUT2D eigenvalue weighted by Crippen LogP contribution is -2.35. The number of amides is 1. The van der Waals surface area contributed by atoms with E-state index in [-0.39, 0.29) is 18.7 Å². The highest BCUT2D eigenvalue weighted by molar-refractivity contribution is 5.95. The Bertz CT molecular complexity index is 1500. The molecule has 3 aromatic carbocycles. The summed E-state index contributed by atoms with van der Waals surface area (Å²) >= 11 is 0. The third kappa shape index (κ3) is 4.22. The van der Waals surface area contributed by atoms with E-state index < -0.39 is 0 Å². The van der Waals surface area contributed by atoms with Gasteiger partial charge in [-0.1, -0.05) is 30.3 Å². The van der Waals surface area contributed by atoms with Gasteiger partial charge in [0.15, 0.2) is 17.3 Å². The van der Waals surface area contributed by atoms with Crippen LogP contribution < -0.4 is 19.6 Å². The molecule has 0 saturated carbocycles. The third-order valence-corrected chi connectivity index (χ3v) is 6.69. The van der Waals surface area contributed by atoms with Crippen molar-refractivity contribution in [3.05, 3.63) is 88.7 Å². The van der Waals surface area contributed by atoms with Crippen LogP contribution in [0, 0.1) is 0 Å². The lowest BCUT2D eigenvalue weighted by atomic mass is 9.90. The Labute approximate surface area is 218 Å². The maximum Gasteiger partial charge on any atom is 0.271 e. The summed E-state index contributed by atoms with van der Waals surface area (Å²) in [7, 11) is 3.65. The van der Waals surface area contributed by atoms with Gasteiger partial charge in [0, 0.05) is 17.7 Å². The average molecular weight is 512 g/mol. The van der Waals surface area contributed by atoms with Gasteiger partial charge in [0.05, 0.1) is 19.0 Å². The van der Waals surface area contributed by atoms with Gasteiger partial charge in [-0.05, 0) is 65.4 Å². The zero-order valence-corrected chi connectivity index (χ0v) is 20.9. The summed E-state index contributed by atoms with van der Waals surface area (Å²) in [5.41, 5.74) is 6.68. The Morgan fingerprint density at radius 1 is 1.16 bits per heavy atom. The number of carbonyl (C=O) groups is 1. The Balaban J connectivity index is 1.28. The van der Waals surface area contributed by atoms with Crippen molar-refractivity contribution in [2.75, 3.05) is 27.5 Å². The predicted octanol–water partition coefficient (Wildman–Crippen LogP) is 2.74. The van der Waals surface area contributed by atoms with E-state index >= 15 is 0 Å². The maximum absolute atomic E-state index is 12.6. The number of hydrogen-bond acceptors (Lipinski definition) is 9. The van der Waals surface area contributed by atoms with E-state index in [1.807, 2.05) is 43.4 Å². The standard InChI is InChI=1S/C27H25N7O4/c1-33-13-12-19-14-21-24(38-16-37-21)25(36-2)22(19)23(33)26-29-31-32-34(26)20-10-8-18(9-11-20)27(35)30-28-15-17-6-4-3-5-7-17/h3-11,14-15,23H,12-13,16H2,1-2H3,(H,30,35)/b28-15-/t23-/m0/s1. The number of nitrogens with one attached hydrogen (secondary N) is 1. The van der Waals surface area contributed by atoms with Crippen molar-refractivity contribution in [3.63, 3.8) is 0 Å². The van der Waals surface area contributed by atoms with Crippen LogP contribution in [-0.4, -0.2) is 64.7 Å². The van der Waals surface area contributed by atoms with Gasteiger partial charge < -0.3 is 14.2 Å². The number of ether oxygens (including phenoxy) is 3. The summed E-state index contributed by atoms with van der Waals surface area (Å²) in [5, 5.41) is 16.7. The number of fused-ring (bicyclic) bond motifs is 2. The smallest absolute Gasteiger partial charge is 0.271 e. The predicted molar refractivity (Wildman–Crippen MR) is 138 cm³/mol. The van der Waals surface area contributed by atoms with Gasteiger partial charge in [-0.15, -0.1) is 5.10 Å². The van der Waals surface area contributed by atoms with Crippen molar-refractivity contribution in [1.29, 1.82) is 0 Å². The molecule has 0 aliphatic carbocycles. The van der Waals surface area contributed by atoms with Crippen LogP contribution in [0.5, 0.6) is 17.2 Å². The highest BCUT2D eigenvalue weighted by Crippen LogP contribution is 2.50. The van der Waals surface area contributed by atoms with Crippen LogP contribution in [0.3, 0.4) is 0 Å². The van der Waals surface area contributed by atoms with Gasteiger partial charge in [0.2, 0.25) is 12.5 Å². The minimum Gasteiger partial charge on any atom is -0.492 e. The SMILES string of the molecule is COc1c2c(cc3c1[C@@H](c1nnnn1-c1ccc(C(=O)N/N=C\c4ccccc4)cc1)N(C)CC3)OCO2. The molecule has 0 spiro atoms. The monoisotopic (exact) mass is 511 g/mol. The molecular weight excluding hydrogens is 486 g/mol. The number of aromatic nitrogens is 4. The topological polar surface area (TPSA) is 116 Å². The first-order valence-electron chi connectivity index (χ1n) is 12.1. The maximum atomic E-state index is 12.6. The van der Waals surface area contributed by atoms with Crippen molar-refractivity contribution in [1.82, 2.24) is 30.5 Å². The van der Waals surface area contributed by atoms with E-state index in [1.54, 1.807) is 42.3 Å². The fourth-order valence-corrected chi connectivity index (χ4v) is 4.83. The third-order valence-electron chi connectivity index (χ3n) is 6.69. The van der Waals surface area contributed by atoms with Crippen molar-refractivity contribution in [3.8, 4) is 22.9 Å². The van der Waals surface area contributed by atoms with Crippen LogP contribution in [0.25, 0.3) is 5.69 Å². The van der Waals surface area contributed by atoms with E-state index in [1.165, 1.54) is 0 Å². The lowest BCUT2D eigenvalue weighted by Gasteiger charge is -2.34. The summed E-state index contributed by atoms with van der Waals surface area (Å²) in [6.45, 7) is 0.959. The summed E-state index contributed by atoms with van der Waals surface area (Å²) in [6, 6.07) is 18.3. The summed E-state index contributed by atoms with van der Waals surface area (Å²) in [6.07, 6.45) is 2.42. The number of carbonyl (C=O) groups excluding carboxylic acids is 1. The van der Waals surface area contributed by atoms with E-state index in [9.17, 15) is 4.79 Å². The second-order valence-electron chi connectivity index (χ2n) is 8.96. The number of hydrazone groups is 1. The number of rotatable bonds is 6. The number of benzene rings is 3. The van der Waals surface area contributed by atoms with E-state index in [0.29, 0.717) is 28.6 Å². The van der Waals surface area contributed by atoms with Crippen LogP contribution in [0.2, 0.25) is 0 Å². The Hall–Kier alpha value is -4.77. The van der Waals surface area contributed by atoms with E-state index in [2.05, 4.69) is 31.0 Å². The van der Waals surface area contributed by atoms with E-state index in [4.69, 9.17) is 14.2 Å². The van der Waals surface area contributed by atoms with Crippen LogP contribution in [-0.2, 0) is 6.42 Å². The number of likely N-dealkylation sites (N-methyl/N-ethyl adjacent to an activating group) is 1. The molecule has 3 heterocycles. The molecule has 1 atom stereocenters. The van der Waals surface area contributed by atoms with Crippen LogP contribution in [0.1, 0.15) is 38.9 Å². The molecule has 0 radical (unpaired) electrons. The molecular formula is C27H25N7O4. The molecule has 2 aliphatic heterocycles. The van der Waals surface area contributed by atoms with Gasteiger partial charge in [0.1, 0.15) is 6.04 Å². The highest BCUT2D eigenvalue weighted by Gasteiger charge is 2.37. The number of hydrogen-bond donors (Lipinski definition) is 1. The second kappa shape index (κ2) is 9.94. The molecule has 1 aromatic heterocycles. The Kier molecular flexibility index (Phi) is 6.18. The molecule has 0 saturated heterocycles. The van der Waals surface area contributed by atoms with Gasteiger partial charge in [-0.25, -0.2) is 5.43 Å². The molecule has 0 bridgehead atoms. The molecule has 38 heavy (non-hydrogen) atoms. The summed E-state index contributed by atoms with van der Waals surface area (Å²) in [5.74, 6) is 2.21. The molecule has 1 N–H and O–H groups in total. The molecule has 11 nitrogen and oxygen atoms in total. The van der Waals surface area contributed by atoms with Crippen molar-refractivity contribution in [2.24, 2.45) is 5.10 Å². The first-order chi connectivity index (χ1) is 18.6. The number of tetrazole rings is 1. The molecule has 1 amide bonds. The minimum absolute atomic E-state index is 0.157. The summed E-state index contributed by atoms with van der Waals surface area (Å²) < 4.78 is 18.8. The van der Waals surface area contributed by atoms with Crippen molar-refractivity contribution >= 4 is 12.1 Å². The van der Waals surface area contributed by atoms with Crippen LogP contribution >= 0.6 is 0 Å². The molecule has 0 unspecified atom stereocenters. The fraction of sp³-hybridized carbons (Fsp3) is 0.222. The summed E-state index contributed by atoms with van der Waals surface area (Å²) in [4.78, 5) is 14.8. The molecule has 6 rings (SSSR count). The van der Waals surface area contributed by atoms with Crippen molar-refractivity contribution in [2.45, 2.75) is 12.5 Å².